The molecule has 0 unspecified atom stereocenters. The number of carbonyl (C=O) groups is 1. The number of hydrogen-bond acceptors (Lipinski definition) is 3. The molecule has 0 aromatic heterocycles. The summed E-state index contributed by atoms with van der Waals surface area (Å²) in [5, 5.41) is 15.7. The van der Waals surface area contributed by atoms with Gasteiger partial charge in [0.2, 0.25) is 5.91 Å². The lowest BCUT2D eigenvalue weighted by atomic mass is 9.98. The van der Waals surface area contributed by atoms with Gasteiger partial charge in [-0.3, -0.25) is 4.79 Å². The van der Waals surface area contributed by atoms with Crippen LogP contribution in [0.15, 0.2) is 48.5 Å². The number of hydrogen-bond donors (Lipinski definition) is 3. The first kappa shape index (κ1) is 17.9. The predicted octanol–water partition coefficient (Wildman–Crippen LogP) is 3.96. The average Bonchev–Trinajstić information content (AvgIpc) is 2.56. The number of benzene rings is 2. The Bertz CT molecular complexity index is 717. The Kier molecular flexibility index (Phi) is 6.32. The highest BCUT2D eigenvalue weighted by molar-refractivity contribution is 7.80. The summed E-state index contributed by atoms with van der Waals surface area (Å²) in [4.78, 5) is 12.0. The molecule has 0 fully saturated rings. The minimum absolute atomic E-state index is 0.0988. The average molecular weight is 342 g/mol. The Hall–Kier alpha value is -2.40. The number of nitrogens with one attached hydrogen (secondary N) is 2. The third-order valence-electron chi connectivity index (χ3n) is 3.91. The molecule has 0 radical (unpaired) electrons. The molecule has 1 amide bonds. The van der Waals surface area contributed by atoms with E-state index in [0.717, 1.165) is 17.5 Å². The lowest BCUT2D eigenvalue weighted by molar-refractivity contribution is -0.119. The number of amides is 1. The molecule has 0 aliphatic carbocycles. The standard InChI is InChI=1S/C19H22N2O2S/c1-3-13(2)15-9-10-17(22)16(12-15)20-19(24)21-18(23)11-14-7-5-4-6-8-14/h4-10,12-13,22H,3,11H2,1-2H3,(H2,20,21,23,24)/t13-/m0/s1. The minimum Gasteiger partial charge on any atom is -0.506 e. The Balaban J connectivity index is 1.98. The zero-order valence-corrected chi connectivity index (χ0v) is 14.7. The number of anilines is 1. The molecule has 0 saturated heterocycles. The van der Waals surface area contributed by atoms with Gasteiger partial charge in [-0.1, -0.05) is 50.2 Å². The number of phenolic OH excluding ortho intramolecular Hbond substituents is 1. The van der Waals surface area contributed by atoms with Gasteiger partial charge in [0.05, 0.1) is 12.1 Å². The van der Waals surface area contributed by atoms with Crippen LogP contribution in [0.4, 0.5) is 5.69 Å². The first-order chi connectivity index (χ1) is 11.5. The monoisotopic (exact) mass is 342 g/mol. The van der Waals surface area contributed by atoms with Gasteiger partial charge in [-0.2, -0.15) is 0 Å². The molecule has 2 aromatic rings. The van der Waals surface area contributed by atoms with Crippen LogP contribution in [-0.4, -0.2) is 16.1 Å². The fraction of sp³-hybridized carbons (Fsp3) is 0.263. The van der Waals surface area contributed by atoms with Gasteiger partial charge in [-0.15, -0.1) is 0 Å². The van der Waals surface area contributed by atoms with Gasteiger partial charge < -0.3 is 15.7 Å². The molecule has 0 aliphatic rings. The summed E-state index contributed by atoms with van der Waals surface area (Å²) in [6, 6.07) is 14.8. The maximum absolute atomic E-state index is 12.0. The molecule has 0 spiro atoms. The van der Waals surface area contributed by atoms with Crippen molar-refractivity contribution in [3.8, 4) is 5.75 Å². The normalized spacial score (nSPS) is 11.6. The molecule has 24 heavy (non-hydrogen) atoms. The van der Waals surface area contributed by atoms with Gasteiger partial charge >= 0.3 is 0 Å². The van der Waals surface area contributed by atoms with Crippen LogP contribution >= 0.6 is 12.2 Å². The molecular formula is C19H22N2O2S. The summed E-state index contributed by atoms with van der Waals surface area (Å²) in [6.45, 7) is 4.23. The quantitative estimate of drug-likeness (QED) is 0.568. The highest BCUT2D eigenvalue weighted by Gasteiger charge is 2.10. The summed E-state index contributed by atoms with van der Waals surface area (Å²) in [7, 11) is 0. The lowest BCUT2D eigenvalue weighted by Gasteiger charge is -2.14. The fourth-order valence-electron chi connectivity index (χ4n) is 2.30. The summed E-state index contributed by atoms with van der Waals surface area (Å²) in [6.07, 6.45) is 1.25. The van der Waals surface area contributed by atoms with Crippen molar-refractivity contribution in [1.82, 2.24) is 5.32 Å². The van der Waals surface area contributed by atoms with Crippen LogP contribution in [0.5, 0.6) is 5.75 Å². The van der Waals surface area contributed by atoms with E-state index in [-0.39, 0.29) is 23.2 Å². The SMILES string of the molecule is CC[C@H](C)c1ccc(O)c(NC(=S)NC(=O)Cc2ccccc2)c1. The van der Waals surface area contributed by atoms with Crippen molar-refractivity contribution in [2.24, 2.45) is 0 Å². The highest BCUT2D eigenvalue weighted by atomic mass is 32.1. The molecule has 0 heterocycles. The first-order valence-corrected chi connectivity index (χ1v) is 8.38. The molecule has 2 aromatic carbocycles. The summed E-state index contributed by atoms with van der Waals surface area (Å²) >= 11 is 5.17. The molecule has 126 valence electrons. The molecule has 3 N–H and O–H groups in total. The van der Waals surface area contributed by atoms with Gasteiger partial charge in [0, 0.05) is 0 Å². The van der Waals surface area contributed by atoms with Gasteiger partial charge in [0.25, 0.3) is 0 Å². The number of carbonyl (C=O) groups excluding carboxylic acids is 1. The second kappa shape index (κ2) is 8.45. The van der Waals surface area contributed by atoms with E-state index in [9.17, 15) is 9.90 Å². The maximum atomic E-state index is 12.0. The zero-order chi connectivity index (χ0) is 17.5. The zero-order valence-electron chi connectivity index (χ0n) is 13.9. The molecule has 1 atom stereocenters. The molecule has 0 aliphatic heterocycles. The molecule has 5 heteroatoms. The van der Waals surface area contributed by atoms with Crippen LogP contribution in [0.25, 0.3) is 0 Å². The lowest BCUT2D eigenvalue weighted by Crippen LogP contribution is -2.35. The summed E-state index contributed by atoms with van der Waals surface area (Å²) in [5.74, 6) is 0.283. The van der Waals surface area contributed by atoms with E-state index in [1.807, 2.05) is 42.5 Å². The van der Waals surface area contributed by atoms with Crippen LogP contribution in [0.2, 0.25) is 0 Å². The van der Waals surface area contributed by atoms with Crippen LogP contribution < -0.4 is 10.6 Å². The summed E-state index contributed by atoms with van der Waals surface area (Å²) < 4.78 is 0. The van der Waals surface area contributed by atoms with Crippen molar-refractivity contribution >= 4 is 28.9 Å². The molecule has 0 bridgehead atoms. The Morgan fingerprint density at radius 3 is 2.58 bits per heavy atom. The summed E-state index contributed by atoms with van der Waals surface area (Å²) in [5.41, 5.74) is 2.52. The molecular weight excluding hydrogens is 320 g/mol. The van der Waals surface area contributed by atoms with Crippen LogP contribution in [0, 0.1) is 0 Å². The largest absolute Gasteiger partial charge is 0.506 e. The Labute approximate surface area is 147 Å². The Morgan fingerprint density at radius 1 is 1.21 bits per heavy atom. The van der Waals surface area contributed by atoms with Crippen molar-refractivity contribution in [2.45, 2.75) is 32.6 Å². The smallest absolute Gasteiger partial charge is 0.230 e. The van der Waals surface area contributed by atoms with E-state index in [4.69, 9.17) is 12.2 Å². The number of aromatic hydroxyl groups is 1. The fourth-order valence-corrected chi connectivity index (χ4v) is 2.53. The van der Waals surface area contributed by atoms with E-state index in [1.165, 1.54) is 0 Å². The van der Waals surface area contributed by atoms with E-state index >= 15 is 0 Å². The number of thiocarbonyl (C=S) groups is 1. The van der Waals surface area contributed by atoms with Crippen molar-refractivity contribution in [3.63, 3.8) is 0 Å². The van der Waals surface area contributed by atoms with Crippen LogP contribution in [0.3, 0.4) is 0 Å². The van der Waals surface area contributed by atoms with Crippen molar-refractivity contribution in [1.29, 1.82) is 0 Å². The van der Waals surface area contributed by atoms with E-state index in [2.05, 4.69) is 24.5 Å². The molecule has 2 rings (SSSR count). The van der Waals surface area contributed by atoms with Crippen LogP contribution in [0.1, 0.15) is 37.3 Å². The van der Waals surface area contributed by atoms with Gasteiger partial charge in [0.1, 0.15) is 5.75 Å². The van der Waals surface area contributed by atoms with Gasteiger partial charge in [-0.25, -0.2) is 0 Å². The van der Waals surface area contributed by atoms with E-state index in [0.29, 0.717) is 11.6 Å². The second-order valence-corrected chi connectivity index (χ2v) is 6.16. The topological polar surface area (TPSA) is 61.4 Å². The predicted molar refractivity (Wildman–Crippen MR) is 101 cm³/mol. The third kappa shape index (κ3) is 5.06. The number of phenols is 1. The minimum atomic E-state index is -0.198. The first-order valence-electron chi connectivity index (χ1n) is 7.97. The number of rotatable bonds is 5. The van der Waals surface area contributed by atoms with Crippen molar-refractivity contribution < 1.29 is 9.90 Å². The maximum Gasteiger partial charge on any atom is 0.230 e. The van der Waals surface area contributed by atoms with Crippen LogP contribution in [-0.2, 0) is 11.2 Å². The van der Waals surface area contributed by atoms with Crippen molar-refractivity contribution in [2.75, 3.05) is 5.32 Å². The van der Waals surface area contributed by atoms with Crippen molar-refractivity contribution in [3.05, 3.63) is 59.7 Å². The Morgan fingerprint density at radius 2 is 1.92 bits per heavy atom. The van der Waals surface area contributed by atoms with E-state index in [1.54, 1.807) is 6.07 Å². The highest BCUT2D eigenvalue weighted by Crippen LogP contribution is 2.28. The molecule has 0 saturated carbocycles. The third-order valence-corrected chi connectivity index (χ3v) is 4.11. The van der Waals surface area contributed by atoms with E-state index < -0.39 is 0 Å². The molecule has 4 nitrogen and oxygen atoms in total. The van der Waals surface area contributed by atoms with Gasteiger partial charge in [0.15, 0.2) is 5.11 Å². The second-order valence-electron chi connectivity index (χ2n) is 5.75. The van der Waals surface area contributed by atoms with Gasteiger partial charge in [-0.05, 0) is 47.8 Å².